The molecule has 0 atom stereocenters. The summed E-state index contributed by atoms with van der Waals surface area (Å²) in [6, 6.07) is 85.7. The van der Waals surface area contributed by atoms with Crippen LogP contribution in [-0.4, -0.2) is 15.0 Å². The van der Waals surface area contributed by atoms with Gasteiger partial charge in [0, 0.05) is 22.1 Å². The molecule has 2 aliphatic carbocycles. The average Bonchev–Trinajstić information content (AvgIpc) is 3.83. The van der Waals surface area contributed by atoms with Crippen LogP contribution in [0.15, 0.2) is 237 Å². The Hall–Kier alpha value is -8.53. The van der Waals surface area contributed by atoms with Gasteiger partial charge in [-0.1, -0.05) is 232 Å². The summed E-state index contributed by atoms with van der Waals surface area (Å²) in [6.45, 7) is 4.76. The van der Waals surface area contributed by atoms with Gasteiger partial charge in [0.15, 0.2) is 17.5 Å². The molecule has 1 aromatic heterocycles. The Labute approximate surface area is 397 Å². The zero-order valence-corrected chi connectivity index (χ0v) is 37.9. The summed E-state index contributed by atoms with van der Waals surface area (Å²) in [7, 11) is 0. The zero-order chi connectivity index (χ0) is 45.4. The van der Waals surface area contributed by atoms with E-state index in [2.05, 4.69) is 250 Å². The Kier molecular flexibility index (Phi) is 9.10. The lowest BCUT2D eigenvalue weighted by Crippen LogP contribution is -2.28. The topological polar surface area (TPSA) is 38.7 Å². The fourth-order valence-corrected chi connectivity index (χ4v) is 11.4. The first-order chi connectivity index (χ1) is 33.5. The van der Waals surface area contributed by atoms with E-state index in [4.69, 9.17) is 15.0 Å². The SMILES string of the molecule is CC1(C)c2ccccc2-c2cc3c(cc21)-c1c(cc(-c2nc(-c4ccc(-c5ccccc5)cc4)nc(-c4ccc(-c5ccccc5)cc4)n2)c2ccccc12)C3(c1ccccc1)c1ccccc1. The lowest BCUT2D eigenvalue weighted by Gasteiger charge is -2.34. The highest BCUT2D eigenvalue weighted by molar-refractivity contribution is 6.10. The highest BCUT2D eigenvalue weighted by Gasteiger charge is 2.49. The molecule has 0 fully saturated rings. The third-order valence-corrected chi connectivity index (χ3v) is 14.6. The summed E-state index contributed by atoms with van der Waals surface area (Å²) in [5.41, 5.74) is 19.4. The lowest BCUT2D eigenvalue weighted by molar-refractivity contribution is 0.660. The molecule has 0 bridgehead atoms. The van der Waals surface area contributed by atoms with Crippen LogP contribution in [0.5, 0.6) is 0 Å². The van der Waals surface area contributed by atoms with Crippen molar-refractivity contribution in [3.8, 4) is 78.7 Å². The highest BCUT2D eigenvalue weighted by Crippen LogP contribution is 2.62. The molecular formula is C65H45N3. The van der Waals surface area contributed by atoms with Crippen molar-refractivity contribution in [3.63, 3.8) is 0 Å². The molecule has 0 spiro atoms. The fraction of sp³-hybridized carbons (Fsp3) is 0.0615. The van der Waals surface area contributed by atoms with E-state index in [9.17, 15) is 0 Å². The Morgan fingerprint density at radius 1 is 0.279 bits per heavy atom. The van der Waals surface area contributed by atoms with E-state index in [0.29, 0.717) is 17.5 Å². The molecule has 320 valence electrons. The summed E-state index contributed by atoms with van der Waals surface area (Å²) in [4.78, 5) is 16.2. The van der Waals surface area contributed by atoms with Gasteiger partial charge >= 0.3 is 0 Å². The third-order valence-electron chi connectivity index (χ3n) is 14.6. The molecule has 0 saturated heterocycles. The van der Waals surface area contributed by atoms with E-state index >= 15 is 0 Å². The van der Waals surface area contributed by atoms with E-state index in [-0.39, 0.29) is 5.41 Å². The van der Waals surface area contributed by atoms with Crippen LogP contribution in [0.25, 0.3) is 89.4 Å². The second kappa shape index (κ2) is 15.5. The van der Waals surface area contributed by atoms with E-state index in [1.165, 1.54) is 72.1 Å². The molecule has 3 nitrogen and oxygen atoms in total. The number of rotatable bonds is 7. The average molecular weight is 868 g/mol. The molecule has 11 aromatic rings. The first kappa shape index (κ1) is 39.8. The van der Waals surface area contributed by atoms with Gasteiger partial charge in [-0.05, 0) is 107 Å². The van der Waals surface area contributed by atoms with E-state index in [0.717, 1.165) is 33.2 Å². The minimum absolute atomic E-state index is 0.169. The van der Waals surface area contributed by atoms with Gasteiger partial charge < -0.3 is 0 Å². The second-order valence-corrected chi connectivity index (χ2v) is 18.7. The van der Waals surface area contributed by atoms with Crippen molar-refractivity contribution in [2.24, 2.45) is 0 Å². The van der Waals surface area contributed by atoms with Crippen molar-refractivity contribution in [1.82, 2.24) is 15.0 Å². The molecule has 2 aliphatic rings. The van der Waals surface area contributed by atoms with Crippen molar-refractivity contribution >= 4 is 10.8 Å². The molecule has 0 N–H and O–H groups in total. The molecule has 0 unspecified atom stereocenters. The first-order valence-corrected chi connectivity index (χ1v) is 23.5. The van der Waals surface area contributed by atoms with Crippen LogP contribution < -0.4 is 0 Å². The maximum Gasteiger partial charge on any atom is 0.164 e. The van der Waals surface area contributed by atoms with Gasteiger partial charge in [0.05, 0.1) is 5.41 Å². The minimum atomic E-state index is -0.665. The van der Waals surface area contributed by atoms with Crippen LogP contribution >= 0.6 is 0 Å². The summed E-state index contributed by atoms with van der Waals surface area (Å²) < 4.78 is 0. The van der Waals surface area contributed by atoms with Crippen LogP contribution in [0.2, 0.25) is 0 Å². The highest BCUT2D eigenvalue weighted by atomic mass is 15.0. The molecule has 10 aromatic carbocycles. The Balaban J connectivity index is 1.09. The van der Waals surface area contributed by atoms with Gasteiger partial charge in [-0.15, -0.1) is 0 Å². The summed E-state index contributed by atoms with van der Waals surface area (Å²) >= 11 is 0. The summed E-state index contributed by atoms with van der Waals surface area (Å²) in [6.07, 6.45) is 0. The maximum absolute atomic E-state index is 5.46. The standard InChI is InChI=1S/C65H45N3/c1-64(2)56-30-18-17-28-51(56)53-39-58-55(41-57(53)64)60-52-29-16-15-27-50(52)54(40-59(60)65(58,48-23-11-5-12-24-48)49-25-13-6-14-26-49)63-67-61(46-35-31-44(32-36-46)42-19-7-3-8-20-42)66-62(68-63)47-37-33-45(34-38-47)43-21-9-4-10-22-43/h3-41H,1-2H3. The largest absolute Gasteiger partial charge is 0.208 e. The number of hydrogen-bond donors (Lipinski definition) is 0. The minimum Gasteiger partial charge on any atom is -0.208 e. The predicted molar refractivity (Wildman–Crippen MR) is 279 cm³/mol. The monoisotopic (exact) mass is 867 g/mol. The van der Waals surface area contributed by atoms with Crippen LogP contribution in [-0.2, 0) is 10.8 Å². The Morgan fingerprint density at radius 3 is 1.25 bits per heavy atom. The maximum atomic E-state index is 5.46. The van der Waals surface area contributed by atoms with Gasteiger partial charge in [-0.3, -0.25) is 0 Å². The number of nitrogens with zero attached hydrogens (tertiary/aromatic N) is 3. The van der Waals surface area contributed by atoms with Gasteiger partial charge in [0.1, 0.15) is 0 Å². The predicted octanol–water partition coefficient (Wildman–Crippen LogP) is 16.0. The number of fused-ring (bicyclic) bond motifs is 8. The van der Waals surface area contributed by atoms with E-state index < -0.39 is 5.41 Å². The lowest BCUT2D eigenvalue weighted by atomic mass is 9.67. The van der Waals surface area contributed by atoms with Gasteiger partial charge in [0.25, 0.3) is 0 Å². The summed E-state index contributed by atoms with van der Waals surface area (Å²) in [5, 5.41) is 2.27. The Bertz CT molecular complexity index is 3570. The van der Waals surface area contributed by atoms with Crippen LogP contribution in [0.3, 0.4) is 0 Å². The van der Waals surface area contributed by atoms with Crippen molar-refractivity contribution in [1.29, 1.82) is 0 Å². The summed E-state index contributed by atoms with van der Waals surface area (Å²) in [5.74, 6) is 1.88. The zero-order valence-electron chi connectivity index (χ0n) is 37.9. The van der Waals surface area contributed by atoms with Crippen LogP contribution in [0.1, 0.15) is 47.2 Å². The molecule has 0 aliphatic heterocycles. The molecule has 0 radical (unpaired) electrons. The molecule has 0 amide bonds. The smallest absolute Gasteiger partial charge is 0.164 e. The second-order valence-electron chi connectivity index (χ2n) is 18.7. The van der Waals surface area contributed by atoms with Gasteiger partial charge in [0.2, 0.25) is 0 Å². The van der Waals surface area contributed by atoms with E-state index in [1.807, 2.05) is 0 Å². The van der Waals surface area contributed by atoms with Gasteiger partial charge in [-0.2, -0.15) is 0 Å². The molecule has 13 rings (SSSR count). The van der Waals surface area contributed by atoms with Gasteiger partial charge in [-0.25, -0.2) is 15.0 Å². The van der Waals surface area contributed by atoms with Crippen molar-refractivity contribution < 1.29 is 0 Å². The van der Waals surface area contributed by atoms with Crippen molar-refractivity contribution in [3.05, 3.63) is 270 Å². The fourth-order valence-electron chi connectivity index (χ4n) is 11.4. The van der Waals surface area contributed by atoms with Crippen LogP contribution in [0, 0.1) is 0 Å². The Morgan fingerprint density at radius 2 is 0.691 bits per heavy atom. The van der Waals surface area contributed by atoms with E-state index in [1.54, 1.807) is 0 Å². The molecule has 1 heterocycles. The van der Waals surface area contributed by atoms with Crippen LogP contribution in [0.4, 0.5) is 0 Å². The van der Waals surface area contributed by atoms with Crippen molar-refractivity contribution in [2.45, 2.75) is 24.7 Å². The molecule has 68 heavy (non-hydrogen) atoms. The third kappa shape index (κ3) is 6.09. The number of aromatic nitrogens is 3. The number of benzene rings is 10. The molecule has 3 heteroatoms. The molecular weight excluding hydrogens is 823 g/mol. The molecule has 0 saturated carbocycles. The first-order valence-electron chi connectivity index (χ1n) is 23.5. The van der Waals surface area contributed by atoms with Crippen molar-refractivity contribution in [2.75, 3.05) is 0 Å². The normalized spacial score (nSPS) is 13.7. The number of hydrogen-bond acceptors (Lipinski definition) is 3. The quantitative estimate of drug-likeness (QED) is 0.160.